The van der Waals surface area contributed by atoms with Crippen molar-refractivity contribution in [2.24, 2.45) is 0 Å². The Balaban J connectivity index is 2.23. The second-order valence-corrected chi connectivity index (χ2v) is 4.53. The summed E-state index contributed by atoms with van der Waals surface area (Å²) < 4.78 is 40.4. The van der Waals surface area contributed by atoms with Gasteiger partial charge in [-0.15, -0.1) is 29.6 Å². The van der Waals surface area contributed by atoms with Crippen LogP contribution >= 0.6 is 11.3 Å². The number of carboxylic acids is 1. The first kappa shape index (κ1) is 14.5. The van der Waals surface area contributed by atoms with Crippen LogP contribution in [0.3, 0.4) is 0 Å². The molecule has 2 heterocycles. The number of carboxylic acid groups (broad SMARTS) is 1. The van der Waals surface area contributed by atoms with E-state index in [9.17, 15) is 18.0 Å². The van der Waals surface area contributed by atoms with E-state index >= 15 is 0 Å². The summed E-state index contributed by atoms with van der Waals surface area (Å²) in [7, 11) is 0. The van der Waals surface area contributed by atoms with E-state index in [0.717, 1.165) is 4.68 Å². The second-order valence-electron chi connectivity index (χ2n) is 3.59. The first-order valence-electron chi connectivity index (χ1n) is 5.30. The van der Waals surface area contributed by atoms with Crippen molar-refractivity contribution in [3.8, 4) is 10.6 Å². The second kappa shape index (κ2) is 5.59. The van der Waals surface area contributed by atoms with E-state index in [4.69, 9.17) is 5.11 Å². The van der Waals surface area contributed by atoms with Crippen molar-refractivity contribution in [2.45, 2.75) is 12.9 Å². The topological polar surface area (TPSA) is 77.2 Å². The fourth-order valence-corrected chi connectivity index (χ4v) is 2.29. The minimum absolute atomic E-state index is 0.165. The monoisotopic (exact) mass is 307 g/mol. The standard InChI is InChI=1S/C10H8F3N3O3S/c11-10(12,13)19-4-3-16-8(6-2-1-5-20-6)7(9(17)18)14-15-16/h1-2,5H,3-4H2,(H,17,18). The molecule has 0 amide bonds. The van der Waals surface area contributed by atoms with E-state index in [1.807, 2.05) is 0 Å². The fourth-order valence-electron chi connectivity index (χ4n) is 1.52. The SMILES string of the molecule is O=C(O)c1nnn(CCOC(F)(F)F)c1-c1cccs1. The van der Waals surface area contributed by atoms with Crippen molar-refractivity contribution >= 4 is 17.3 Å². The van der Waals surface area contributed by atoms with E-state index in [-0.39, 0.29) is 17.9 Å². The molecule has 0 saturated heterocycles. The highest BCUT2D eigenvalue weighted by Gasteiger charge is 2.29. The number of rotatable bonds is 5. The Morgan fingerprint density at radius 3 is 2.80 bits per heavy atom. The van der Waals surface area contributed by atoms with Gasteiger partial charge in [-0.25, -0.2) is 9.48 Å². The Labute approximate surface area is 114 Å². The molecule has 0 aliphatic rings. The molecule has 0 bridgehead atoms. The highest BCUT2D eigenvalue weighted by molar-refractivity contribution is 7.13. The zero-order valence-electron chi connectivity index (χ0n) is 9.79. The molecule has 0 saturated carbocycles. The summed E-state index contributed by atoms with van der Waals surface area (Å²) in [5.74, 6) is -1.30. The molecule has 0 unspecified atom stereocenters. The van der Waals surface area contributed by atoms with Gasteiger partial charge in [0.2, 0.25) is 0 Å². The summed E-state index contributed by atoms with van der Waals surface area (Å²) in [4.78, 5) is 11.6. The van der Waals surface area contributed by atoms with Crippen LogP contribution in [0.2, 0.25) is 0 Å². The Kier molecular flexibility index (Phi) is 4.04. The molecule has 2 aromatic rings. The maximum Gasteiger partial charge on any atom is 0.522 e. The normalized spacial score (nSPS) is 11.8. The number of nitrogens with zero attached hydrogens (tertiary/aromatic N) is 3. The van der Waals surface area contributed by atoms with Crippen LogP contribution in [-0.2, 0) is 11.3 Å². The molecule has 2 aromatic heterocycles. The summed E-state index contributed by atoms with van der Waals surface area (Å²) >= 11 is 1.24. The molecule has 2 rings (SSSR count). The van der Waals surface area contributed by atoms with Crippen molar-refractivity contribution in [1.82, 2.24) is 15.0 Å². The molecule has 0 radical (unpaired) electrons. The zero-order valence-corrected chi connectivity index (χ0v) is 10.6. The molecule has 0 aliphatic carbocycles. The molecular weight excluding hydrogens is 299 g/mol. The van der Waals surface area contributed by atoms with Crippen LogP contribution in [0.15, 0.2) is 17.5 Å². The molecular formula is C10H8F3N3O3S. The highest BCUT2D eigenvalue weighted by atomic mass is 32.1. The van der Waals surface area contributed by atoms with Crippen LogP contribution in [-0.4, -0.2) is 39.0 Å². The fraction of sp³-hybridized carbons (Fsp3) is 0.300. The first-order chi connectivity index (χ1) is 9.38. The van der Waals surface area contributed by atoms with Crippen LogP contribution < -0.4 is 0 Å². The third-order valence-corrected chi connectivity index (χ3v) is 3.14. The molecule has 0 aliphatic heterocycles. The van der Waals surface area contributed by atoms with E-state index in [0.29, 0.717) is 4.88 Å². The predicted molar refractivity (Wildman–Crippen MR) is 62.3 cm³/mol. The summed E-state index contributed by atoms with van der Waals surface area (Å²) in [5.41, 5.74) is -0.141. The zero-order chi connectivity index (χ0) is 14.8. The van der Waals surface area contributed by atoms with Crippen LogP contribution in [0.4, 0.5) is 13.2 Å². The van der Waals surface area contributed by atoms with Crippen molar-refractivity contribution in [3.05, 3.63) is 23.2 Å². The highest BCUT2D eigenvalue weighted by Crippen LogP contribution is 2.27. The Morgan fingerprint density at radius 2 is 2.25 bits per heavy atom. The number of carbonyl (C=O) groups is 1. The lowest BCUT2D eigenvalue weighted by Gasteiger charge is -2.08. The van der Waals surface area contributed by atoms with Gasteiger partial charge in [0.15, 0.2) is 5.69 Å². The summed E-state index contributed by atoms with van der Waals surface area (Å²) in [6, 6.07) is 3.33. The van der Waals surface area contributed by atoms with Crippen molar-refractivity contribution in [1.29, 1.82) is 0 Å². The van der Waals surface area contributed by atoms with E-state index in [1.54, 1.807) is 17.5 Å². The number of thiophene rings is 1. The maximum absolute atomic E-state index is 11.9. The van der Waals surface area contributed by atoms with Crippen LogP contribution in [0.25, 0.3) is 10.6 Å². The summed E-state index contributed by atoms with van der Waals surface area (Å²) in [6.07, 6.45) is -4.74. The molecule has 0 fully saturated rings. The Bertz CT molecular complexity index is 595. The third-order valence-electron chi connectivity index (χ3n) is 2.26. The number of hydrogen-bond donors (Lipinski definition) is 1. The van der Waals surface area contributed by atoms with Gasteiger partial charge in [-0.1, -0.05) is 11.3 Å². The number of ether oxygens (including phenoxy) is 1. The van der Waals surface area contributed by atoms with Crippen molar-refractivity contribution < 1.29 is 27.8 Å². The largest absolute Gasteiger partial charge is 0.522 e. The molecule has 20 heavy (non-hydrogen) atoms. The third kappa shape index (κ3) is 3.33. The Morgan fingerprint density at radius 1 is 1.50 bits per heavy atom. The van der Waals surface area contributed by atoms with Crippen molar-refractivity contribution in [2.75, 3.05) is 6.61 Å². The number of hydrogen-bond acceptors (Lipinski definition) is 5. The average molecular weight is 307 g/mol. The Hall–Kier alpha value is -1.94. The van der Waals surface area contributed by atoms with E-state index in [1.165, 1.54) is 11.3 Å². The quantitative estimate of drug-likeness (QED) is 0.916. The summed E-state index contributed by atoms with van der Waals surface area (Å²) in [5, 5.41) is 17.8. The van der Waals surface area contributed by atoms with Crippen LogP contribution in [0.5, 0.6) is 0 Å². The lowest BCUT2D eigenvalue weighted by molar-refractivity contribution is -0.325. The van der Waals surface area contributed by atoms with Gasteiger partial charge in [0.05, 0.1) is 18.0 Å². The van der Waals surface area contributed by atoms with Gasteiger partial charge in [-0.05, 0) is 11.4 Å². The molecule has 1 N–H and O–H groups in total. The first-order valence-corrected chi connectivity index (χ1v) is 6.18. The predicted octanol–water partition coefficient (Wildman–Crippen LogP) is 2.24. The van der Waals surface area contributed by atoms with Gasteiger partial charge in [0, 0.05) is 0 Å². The lowest BCUT2D eigenvalue weighted by Crippen LogP contribution is -2.18. The molecule has 0 atom stereocenters. The lowest BCUT2D eigenvalue weighted by atomic mass is 10.2. The molecule has 0 aromatic carbocycles. The molecule has 10 heteroatoms. The van der Waals surface area contributed by atoms with Gasteiger partial charge in [-0.3, -0.25) is 4.74 Å². The van der Waals surface area contributed by atoms with Crippen LogP contribution in [0, 0.1) is 0 Å². The van der Waals surface area contributed by atoms with E-state index in [2.05, 4.69) is 15.0 Å². The van der Waals surface area contributed by atoms with Crippen molar-refractivity contribution in [3.63, 3.8) is 0 Å². The molecule has 108 valence electrons. The molecule has 0 spiro atoms. The minimum Gasteiger partial charge on any atom is -0.476 e. The van der Waals surface area contributed by atoms with E-state index < -0.39 is 18.9 Å². The average Bonchev–Trinajstić information content (AvgIpc) is 2.93. The minimum atomic E-state index is -4.74. The van der Waals surface area contributed by atoms with Gasteiger partial charge in [-0.2, -0.15) is 0 Å². The summed E-state index contributed by atoms with van der Waals surface area (Å²) in [6.45, 7) is -0.933. The number of aromatic carboxylic acids is 1. The number of alkyl halides is 3. The number of aromatic nitrogens is 3. The maximum atomic E-state index is 11.9. The van der Waals surface area contributed by atoms with Gasteiger partial charge < -0.3 is 5.11 Å². The van der Waals surface area contributed by atoms with Crippen LogP contribution in [0.1, 0.15) is 10.5 Å². The molecule has 6 nitrogen and oxygen atoms in total. The van der Waals surface area contributed by atoms with Gasteiger partial charge in [0.25, 0.3) is 0 Å². The van der Waals surface area contributed by atoms with Gasteiger partial charge >= 0.3 is 12.3 Å². The van der Waals surface area contributed by atoms with Gasteiger partial charge in [0.1, 0.15) is 5.69 Å². The number of halogens is 3. The smallest absolute Gasteiger partial charge is 0.476 e.